The van der Waals surface area contributed by atoms with Crippen LogP contribution in [0.4, 0.5) is 5.69 Å². The highest BCUT2D eigenvalue weighted by molar-refractivity contribution is 8.18. The van der Waals surface area contributed by atoms with Crippen LogP contribution in [-0.2, 0) is 4.79 Å². The highest BCUT2D eigenvalue weighted by Gasteiger charge is 2.32. The fraction of sp³-hybridized carbons (Fsp3) is 0.211. The van der Waals surface area contributed by atoms with Crippen LogP contribution in [0.25, 0.3) is 5.57 Å². The van der Waals surface area contributed by atoms with Crippen molar-refractivity contribution >= 4 is 34.1 Å². The van der Waals surface area contributed by atoms with Gasteiger partial charge in [-0.2, -0.15) is 0 Å². The first kappa shape index (κ1) is 16.5. The molecule has 4 nitrogen and oxygen atoms in total. The molecule has 1 aliphatic rings. The van der Waals surface area contributed by atoms with Gasteiger partial charge in [-0.1, -0.05) is 18.2 Å². The van der Waals surface area contributed by atoms with Gasteiger partial charge in [-0.15, -0.1) is 0 Å². The smallest absolute Gasteiger partial charge is 0.266 e. The van der Waals surface area contributed by atoms with Crippen molar-refractivity contribution in [3.63, 3.8) is 0 Å². The zero-order valence-electron chi connectivity index (χ0n) is 14.2. The second-order valence-electron chi connectivity index (χ2n) is 5.82. The van der Waals surface area contributed by atoms with Gasteiger partial charge < -0.3 is 0 Å². The number of rotatable bonds is 2. The molecular formula is C19H19N3OS. The van der Waals surface area contributed by atoms with Gasteiger partial charge in [0.05, 0.1) is 16.8 Å². The van der Waals surface area contributed by atoms with E-state index in [1.807, 2.05) is 19.1 Å². The van der Waals surface area contributed by atoms with Gasteiger partial charge in [0.1, 0.15) is 0 Å². The molecule has 2 aromatic rings. The third-order valence-electron chi connectivity index (χ3n) is 4.13. The van der Waals surface area contributed by atoms with Crippen LogP contribution in [0.15, 0.2) is 52.6 Å². The summed E-state index contributed by atoms with van der Waals surface area (Å²) in [6.45, 7) is 6.16. The van der Waals surface area contributed by atoms with Crippen molar-refractivity contribution < 1.29 is 4.79 Å². The van der Waals surface area contributed by atoms with Crippen molar-refractivity contribution in [2.75, 3.05) is 7.05 Å². The number of hydrogen-bond donors (Lipinski definition) is 0. The lowest BCUT2D eigenvalue weighted by molar-refractivity contribution is -0.121. The summed E-state index contributed by atoms with van der Waals surface area (Å²) >= 11 is 1.41. The van der Waals surface area contributed by atoms with Crippen molar-refractivity contribution in [2.24, 2.45) is 4.99 Å². The predicted molar refractivity (Wildman–Crippen MR) is 100 cm³/mol. The van der Waals surface area contributed by atoms with Crippen molar-refractivity contribution in [1.82, 2.24) is 9.88 Å². The molecular weight excluding hydrogens is 318 g/mol. The van der Waals surface area contributed by atoms with E-state index >= 15 is 0 Å². The fourth-order valence-corrected chi connectivity index (χ4v) is 3.46. The molecule has 0 unspecified atom stereocenters. The quantitative estimate of drug-likeness (QED) is 0.767. The first-order chi connectivity index (χ1) is 11.5. The van der Waals surface area contributed by atoms with E-state index in [2.05, 4.69) is 42.0 Å². The lowest BCUT2D eigenvalue weighted by Gasteiger charge is -2.08. The van der Waals surface area contributed by atoms with Crippen LogP contribution in [0, 0.1) is 13.8 Å². The van der Waals surface area contributed by atoms with Crippen LogP contribution in [-0.4, -0.2) is 28.0 Å². The summed E-state index contributed by atoms with van der Waals surface area (Å²) in [5.74, 6) is -0.0154. The number of hydrogen-bond acceptors (Lipinski definition) is 4. The Balaban J connectivity index is 1.98. The maximum absolute atomic E-state index is 12.6. The number of thioether (sulfide) groups is 1. The monoisotopic (exact) mass is 337 g/mol. The lowest BCUT2D eigenvalue weighted by atomic mass is 10.0. The topological polar surface area (TPSA) is 45.6 Å². The Morgan fingerprint density at radius 3 is 2.67 bits per heavy atom. The maximum atomic E-state index is 12.6. The van der Waals surface area contributed by atoms with Gasteiger partial charge >= 0.3 is 0 Å². The second kappa shape index (κ2) is 6.61. The molecule has 0 atom stereocenters. The molecule has 1 aromatic heterocycles. The highest BCUT2D eigenvalue weighted by Crippen LogP contribution is 2.37. The molecule has 0 saturated carbocycles. The molecule has 5 heteroatoms. The molecule has 0 N–H and O–H groups in total. The first-order valence-corrected chi connectivity index (χ1v) is 8.52. The number of carbonyl (C=O) groups excluding carboxylic acids is 1. The Labute approximate surface area is 146 Å². The average molecular weight is 337 g/mol. The molecule has 1 aromatic carbocycles. The van der Waals surface area contributed by atoms with Crippen molar-refractivity contribution in [2.45, 2.75) is 20.8 Å². The lowest BCUT2D eigenvalue weighted by Crippen LogP contribution is -2.23. The van der Waals surface area contributed by atoms with Gasteiger partial charge in [-0.05, 0) is 66.9 Å². The summed E-state index contributed by atoms with van der Waals surface area (Å²) in [6, 6.07) is 9.98. The molecule has 0 spiro atoms. The number of amidine groups is 1. The van der Waals surface area contributed by atoms with E-state index in [9.17, 15) is 4.79 Å². The highest BCUT2D eigenvalue weighted by atomic mass is 32.2. The van der Waals surface area contributed by atoms with Crippen LogP contribution >= 0.6 is 11.8 Å². The number of aryl methyl sites for hydroxylation is 2. The second-order valence-corrected chi connectivity index (χ2v) is 6.80. The largest absolute Gasteiger partial charge is 0.290 e. The van der Waals surface area contributed by atoms with Crippen LogP contribution in [0.5, 0.6) is 0 Å². The molecule has 1 amide bonds. The fourth-order valence-electron chi connectivity index (χ4n) is 2.41. The van der Waals surface area contributed by atoms with Crippen LogP contribution in [0.1, 0.15) is 23.6 Å². The van der Waals surface area contributed by atoms with E-state index in [1.54, 1.807) is 24.3 Å². The van der Waals surface area contributed by atoms with E-state index in [0.29, 0.717) is 5.17 Å². The van der Waals surface area contributed by atoms with Crippen LogP contribution < -0.4 is 0 Å². The van der Waals surface area contributed by atoms with Gasteiger partial charge in [-0.3, -0.25) is 14.7 Å². The number of likely N-dealkylation sites (N-methyl/N-ethyl adjacent to an activating group) is 1. The van der Waals surface area contributed by atoms with E-state index in [0.717, 1.165) is 21.7 Å². The third kappa shape index (κ3) is 3.12. The Morgan fingerprint density at radius 2 is 2.00 bits per heavy atom. The molecule has 2 heterocycles. The molecule has 3 rings (SSSR count). The summed E-state index contributed by atoms with van der Waals surface area (Å²) in [4.78, 5) is 23.5. The SMILES string of the molecule is C/C(=C1/SC(=Nc2cccnc2)N(C)C1=O)c1ccc(C)c(C)c1. The molecule has 1 fully saturated rings. The number of aliphatic imine (C=N–C) groups is 1. The van der Waals surface area contributed by atoms with Crippen molar-refractivity contribution in [3.8, 4) is 0 Å². The van der Waals surface area contributed by atoms with Gasteiger partial charge in [0, 0.05) is 13.2 Å². The Morgan fingerprint density at radius 1 is 1.21 bits per heavy atom. The summed E-state index contributed by atoms with van der Waals surface area (Å²) in [5.41, 5.74) is 5.27. The number of aromatic nitrogens is 1. The Hall–Kier alpha value is -2.40. The normalized spacial score (nSPS) is 18.4. The van der Waals surface area contributed by atoms with E-state index < -0.39 is 0 Å². The van der Waals surface area contributed by atoms with E-state index in [-0.39, 0.29) is 5.91 Å². The summed E-state index contributed by atoms with van der Waals surface area (Å²) < 4.78 is 0. The standard InChI is InChI=1S/C19H19N3OS/c1-12-7-8-15(10-13(12)2)14(3)17-18(23)22(4)19(24-17)21-16-6-5-9-20-11-16/h5-11H,1-4H3/b17-14-,21-19?. The zero-order valence-corrected chi connectivity index (χ0v) is 15.0. The van der Waals surface area contributed by atoms with E-state index in [1.165, 1.54) is 22.9 Å². The molecule has 0 radical (unpaired) electrons. The zero-order chi connectivity index (χ0) is 17.3. The average Bonchev–Trinajstić information content (AvgIpc) is 2.86. The number of benzene rings is 1. The summed E-state index contributed by atoms with van der Waals surface area (Å²) in [6.07, 6.45) is 3.39. The third-order valence-corrected chi connectivity index (χ3v) is 5.36. The minimum Gasteiger partial charge on any atom is -0.290 e. The number of carbonyl (C=O) groups is 1. The molecule has 1 saturated heterocycles. The number of amides is 1. The Bertz CT molecular complexity index is 856. The molecule has 0 bridgehead atoms. The Kier molecular flexibility index (Phi) is 4.53. The van der Waals surface area contributed by atoms with Gasteiger partial charge in [-0.25, -0.2) is 4.99 Å². The maximum Gasteiger partial charge on any atom is 0.266 e. The number of pyridine rings is 1. The van der Waals surface area contributed by atoms with Crippen LogP contribution in [0.3, 0.4) is 0 Å². The van der Waals surface area contributed by atoms with E-state index in [4.69, 9.17) is 0 Å². The number of nitrogens with zero attached hydrogens (tertiary/aromatic N) is 3. The van der Waals surface area contributed by atoms with Gasteiger partial charge in [0.25, 0.3) is 5.91 Å². The minimum absolute atomic E-state index is 0.0154. The van der Waals surface area contributed by atoms with Crippen LogP contribution in [0.2, 0.25) is 0 Å². The molecule has 122 valence electrons. The van der Waals surface area contributed by atoms with Gasteiger partial charge in [0.15, 0.2) is 5.17 Å². The summed E-state index contributed by atoms with van der Waals surface area (Å²) in [5, 5.41) is 0.672. The van der Waals surface area contributed by atoms with Crippen molar-refractivity contribution in [1.29, 1.82) is 0 Å². The number of allylic oxidation sites excluding steroid dienone is 1. The molecule has 0 aliphatic carbocycles. The van der Waals surface area contributed by atoms with Gasteiger partial charge in [0.2, 0.25) is 0 Å². The summed E-state index contributed by atoms with van der Waals surface area (Å²) in [7, 11) is 1.76. The molecule has 24 heavy (non-hydrogen) atoms. The predicted octanol–water partition coefficient (Wildman–Crippen LogP) is 4.32. The van der Waals surface area contributed by atoms with Crippen molar-refractivity contribution in [3.05, 3.63) is 64.3 Å². The first-order valence-electron chi connectivity index (χ1n) is 7.70. The molecule has 1 aliphatic heterocycles. The minimum atomic E-state index is -0.0154.